The molecule has 2 aromatic rings. The quantitative estimate of drug-likeness (QED) is 0.891. The molecule has 0 saturated carbocycles. The van der Waals surface area contributed by atoms with Crippen molar-refractivity contribution in [2.45, 2.75) is 12.8 Å². The first-order valence-corrected chi connectivity index (χ1v) is 7.21. The summed E-state index contributed by atoms with van der Waals surface area (Å²) in [7, 11) is 3.12. The van der Waals surface area contributed by atoms with Gasteiger partial charge in [0.15, 0.2) is 11.5 Å². The molecule has 1 atom stereocenters. The summed E-state index contributed by atoms with van der Waals surface area (Å²) in [5, 5.41) is 2.95. The minimum absolute atomic E-state index is 0.122. The topological polar surface area (TPSA) is 47.6 Å². The normalized spacial score (nSPS) is 11.6. The van der Waals surface area contributed by atoms with Gasteiger partial charge >= 0.3 is 0 Å². The molecule has 4 heteroatoms. The van der Waals surface area contributed by atoms with Gasteiger partial charge in [-0.1, -0.05) is 37.3 Å². The van der Waals surface area contributed by atoms with Gasteiger partial charge in [0, 0.05) is 12.1 Å². The maximum Gasteiger partial charge on any atom is 0.251 e. The molecule has 0 aromatic heterocycles. The smallest absolute Gasteiger partial charge is 0.251 e. The lowest BCUT2D eigenvalue weighted by Gasteiger charge is -2.14. The summed E-state index contributed by atoms with van der Waals surface area (Å²) < 4.78 is 10.4. The summed E-state index contributed by atoms with van der Waals surface area (Å²) in [4.78, 5) is 12.2. The van der Waals surface area contributed by atoms with E-state index in [-0.39, 0.29) is 11.8 Å². The van der Waals surface area contributed by atoms with Crippen molar-refractivity contribution in [1.82, 2.24) is 5.32 Å². The fraction of sp³-hybridized carbons (Fsp3) is 0.278. The van der Waals surface area contributed by atoms with E-state index in [0.717, 1.165) is 0 Å². The zero-order valence-corrected chi connectivity index (χ0v) is 13.1. The third-order valence-corrected chi connectivity index (χ3v) is 3.58. The van der Waals surface area contributed by atoms with Crippen LogP contribution in [0.25, 0.3) is 0 Å². The lowest BCUT2D eigenvalue weighted by atomic mass is 10.0. The second-order valence-corrected chi connectivity index (χ2v) is 5.09. The number of hydrogen-bond donors (Lipinski definition) is 1. The molecular formula is C18H21NO3. The highest BCUT2D eigenvalue weighted by Crippen LogP contribution is 2.27. The maximum atomic E-state index is 12.2. The summed E-state index contributed by atoms with van der Waals surface area (Å²) in [5.41, 5.74) is 1.76. The molecule has 0 bridgehead atoms. The van der Waals surface area contributed by atoms with Crippen molar-refractivity contribution in [2.75, 3.05) is 20.8 Å². The zero-order valence-electron chi connectivity index (χ0n) is 13.1. The molecule has 1 amide bonds. The number of rotatable bonds is 6. The van der Waals surface area contributed by atoms with Crippen molar-refractivity contribution in [1.29, 1.82) is 0 Å². The molecule has 1 unspecified atom stereocenters. The van der Waals surface area contributed by atoms with Crippen molar-refractivity contribution in [3.63, 3.8) is 0 Å². The Bertz CT molecular complexity index is 625. The molecule has 1 N–H and O–H groups in total. The lowest BCUT2D eigenvalue weighted by Crippen LogP contribution is -2.27. The molecule has 116 valence electrons. The Balaban J connectivity index is 2.00. The van der Waals surface area contributed by atoms with Crippen LogP contribution in [0.1, 0.15) is 28.8 Å². The van der Waals surface area contributed by atoms with E-state index < -0.39 is 0 Å². The number of ether oxygens (including phenoxy) is 2. The molecule has 4 nitrogen and oxygen atoms in total. The predicted molar refractivity (Wildman–Crippen MR) is 86.7 cm³/mol. The van der Waals surface area contributed by atoms with E-state index in [2.05, 4.69) is 24.4 Å². The van der Waals surface area contributed by atoms with E-state index in [1.165, 1.54) is 5.56 Å². The van der Waals surface area contributed by atoms with Crippen molar-refractivity contribution < 1.29 is 14.3 Å². The van der Waals surface area contributed by atoms with Gasteiger partial charge in [-0.15, -0.1) is 0 Å². The van der Waals surface area contributed by atoms with Gasteiger partial charge in [-0.2, -0.15) is 0 Å². The van der Waals surface area contributed by atoms with Crippen LogP contribution in [0.3, 0.4) is 0 Å². The molecule has 0 aliphatic heterocycles. The molecule has 22 heavy (non-hydrogen) atoms. The largest absolute Gasteiger partial charge is 0.493 e. The van der Waals surface area contributed by atoms with E-state index in [1.54, 1.807) is 32.4 Å². The highest BCUT2D eigenvalue weighted by atomic mass is 16.5. The second kappa shape index (κ2) is 7.50. The van der Waals surface area contributed by atoms with Gasteiger partial charge in [0.25, 0.3) is 5.91 Å². The van der Waals surface area contributed by atoms with Crippen LogP contribution in [0.2, 0.25) is 0 Å². The average Bonchev–Trinajstić information content (AvgIpc) is 2.59. The zero-order chi connectivity index (χ0) is 15.9. The Morgan fingerprint density at radius 2 is 1.73 bits per heavy atom. The Morgan fingerprint density at radius 1 is 1.05 bits per heavy atom. The summed E-state index contributed by atoms with van der Waals surface area (Å²) in [6.07, 6.45) is 0. The number of amides is 1. The van der Waals surface area contributed by atoms with Crippen LogP contribution in [0.15, 0.2) is 48.5 Å². The molecule has 0 radical (unpaired) electrons. The minimum atomic E-state index is -0.122. The fourth-order valence-electron chi connectivity index (χ4n) is 2.22. The van der Waals surface area contributed by atoms with Crippen LogP contribution in [-0.4, -0.2) is 26.7 Å². The van der Waals surface area contributed by atoms with E-state index >= 15 is 0 Å². The Labute approximate surface area is 131 Å². The van der Waals surface area contributed by atoms with Crippen LogP contribution >= 0.6 is 0 Å². The minimum Gasteiger partial charge on any atom is -0.493 e. The Kier molecular flexibility index (Phi) is 5.42. The standard InChI is InChI=1S/C18H21NO3/c1-13(14-7-5-4-6-8-14)12-19-18(20)15-9-10-16(21-2)17(11-15)22-3/h4-11,13H,12H2,1-3H3,(H,19,20). The van der Waals surface area contributed by atoms with Crippen molar-refractivity contribution >= 4 is 5.91 Å². The third-order valence-electron chi connectivity index (χ3n) is 3.58. The molecule has 0 heterocycles. The summed E-state index contributed by atoms with van der Waals surface area (Å²) in [6, 6.07) is 15.3. The number of nitrogens with one attached hydrogen (secondary N) is 1. The first-order chi connectivity index (χ1) is 10.7. The van der Waals surface area contributed by atoms with Gasteiger partial charge in [-0.3, -0.25) is 4.79 Å². The van der Waals surface area contributed by atoms with Crippen LogP contribution in [-0.2, 0) is 0 Å². The first-order valence-electron chi connectivity index (χ1n) is 7.21. The van der Waals surface area contributed by atoms with Crippen LogP contribution in [0.5, 0.6) is 11.5 Å². The SMILES string of the molecule is COc1ccc(C(=O)NCC(C)c2ccccc2)cc1OC. The van der Waals surface area contributed by atoms with E-state index in [9.17, 15) is 4.79 Å². The molecule has 0 saturated heterocycles. The van der Waals surface area contributed by atoms with Crippen molar-refractivity contribution in [3.05, 3.63) is 59.7 Å². The van der Waals surface area contributed by atoms with Gasteiger partial charge in [0.2, 0.25) is 0 Å². The van der Waals surface area contributed by atoms with Gasteiger partial charge in [0.05, 0.1) is 14.2 Å². The molecule has 2 rings (SSSR count). The third kappa shape index (κ3) is 3.79. The molecule has 0 fully saturated rings. The van der Waals surface area contributed by atoms with Crippen LogP contribution in [0.4, 0.5) is 0 Å². The van der Waals surface area contributed by atoms with E-state index in [0.29, 0.717) is 23.6 Å². The van der Waals surface area contributed by atoms with Gasteiger partial charge in [-0.05, 0) is 29.7 Å². The highest BCUT2D eigenvalue weighted by molar-refractivity contribution is 5.94. The molecular weight excluding hydrogens is 278 g/mol. The Hall–Kier alpha value is -2.49. The average molecular weight is 299 g/mol. The molecule has 0 aliphatic rings. The van der Waals surface area contributed by atoms with Crippen molar-refractivity contribution in [3.8, 4) is 11.5 Å². The Morgan fingerprint density at radius 3 is 2.36 bits per heavy atom. The first kappa shape index (κ1) is 15.9. The molecule has 0 aliphatic carbocycles. The number of methoxy groups -OCH3 is 2. The predicted octanol–water partition coefficient (Wildman–Crippen LogP) is 3.24. The highest BCUT2D eigenvalue weighted by Gasteiger charge is 2.12. The number of benzene rings is 2. The van der Waals surface area contributed by atoms with Crippen LogP contribution in [0, 0.1) is 0 Å². The monoisotopic (exact) mass is 299 g/mol. The summed E-state index contributed by atoms with van der Waals surface area (Å²) in [6.45, 7) is 2.67. The lowest BCUT2D eigenvalue weighted by molar-refractivity contribution is 0.0951. The number of hydrogen-bond acceptors (Lipinski definition) is 3. The number of carbonyl (C=O) groups is 1. The number of carbonyl (C=O) groups excluding carboxylic acids is 1. The van der Waals surface area contributed by atoms with Gasteiger partial charge < -0.3 is 14.8 Å². The van der Waals surface area contributed by atoms with Crippen molar-refractivity contribution in [2.24, 2.45) is 0 Å². The van der Waals surface area contributed by atoms with E-state index in [4.69, 9.17) is 9.47 Å². The summed E-state index contributed by atoms with van der Waals surface area (Å²) in [5.74, 6) is 1.29. The fourth-order valence-corrected chi connectivity index (χ4v) is 2.22. The maximum absolute atomic E-state index is 12.2. The van der Waals surface area contributed by atoms with Gasteiger partial charge in [-0.25, -0.2) is 0 Å². The van der Waals surface area contributed by atoms with E-state index in [1.807, 2.05) is 18.2 Å². The second-order valence-electron chi connectivity index (χ2n) is 5.09. The molecule has 2 aromatic carbocycles. The van der Waals surface area contributed by atoms with Gasteiger partial charge in [0.1, 0.15) is 0 Å². The summed E-state index contributed by atoms with van der Waals surface area (Å²) >= 11 is 0. The van der Waals surface area contributed by atoms with Crippen LogP contribution < -0.4 is 14.8 Å². The molecule has 0 spiro atoms.